The Hall–Kier alpha value is -3.41. The summed E-state index contributed by atoms with van der Waals surface area (Å²) in [4.78, 5) is 33.3. The molecule has 4 heterocycles. The number of rotatable bonds is 6. The van der Waals surface area contributed by atoms with Gasteiger partial charge in [0.1, 0.15) is 5.75 Å². The van der Waals surface area contributed by atoms with Crippen LogP contribution >= 0.6 is 0 Å². The van der Waals surface area contributed by atoms with Gasteiger partial charge in [-0.3, -0.25) is 9.59 Å². The smallest absolute Gasteiger partial charge is 0.264 e. The van der Waals surface area contributed by atoms with E-state index in [4.69, 9.17) is 9.47 Å². The maximum absolute atomic E-state index is 15.1. The number of morpholine rings is 1. The Labute approximate surface area is 294 Å². The third kappa shape index (κ3) is 5.12. The second kappa shape index (κ2) is 12.1. The van der Waals surface area contributed by atoms with Crippen LogP contribution in [0.15, 0.2) is 36.4 Å². The topological polar surface area (TPSA) is 110 Å². The van der Waals surface area contributed by atoms with Gasteiger partial charge in [-0.05, 0) is 86.5 Å². The molecule has 4 atom stereocenters. The molecule has 3 unspecified atom stereocenters. The van der Waals surface area contributed by atoms with Crippen LogP contribution in [0.1, 0.15) is 97.5 Å². The van der Waals surface area contributed by atoms with Crippen LogP contribution in [0.2, 0.25) is 0 Å². The van der Waals surface area contributed by atoms with E-state index in [2.05, 4.69) is 38.3 Å². The molecule has 3 aliphatic heterocycles. The number of ether oxygens (including phenoxy) is 2. The van der Waals surface area contributed by atoms with Crippen molar-refractivity contribution in [2.45, 2.75) is 99.9 Å². The highest BCUT2D eigenvalue weighted by Gasteiger charge is 2.65. The number of aromatic nitrogens is 1. The van der Waals surface area contributed by atoms with Gasteiger partial charge in [-0.25, -0.2) is 13.1 Å². The molecule has 50 heavy (non-hydrogen) atoms. The zero-order valence-corrected chi connectivity index (χ0v) is 30.0. The highest BCUT2D eigenvalue weighted by Crippen LogP contribution is 2.66. The normalized spacial score (nSPS) is 28.4. The van der Waals surface area contributed by atoms with Gasteiger partial charge in [-0.2, -0.15) is 0 Å². The van der Waals surface area contributed by atoms with E-state index in [9.17, 15) is 13.2 Å². The van der Waals surface area contributed by atoms with Crippen molar-refractivity contribution < 1.29 is 27.5 Å². The first-order chi connectivity index (χ1) is 24.2. The van der Waals surface area contributed by atoms with E-state index < -0.39 is 26.6 Å². The number of benzene rings is 2. The fraction of sp³-hybridized carbons (Fsp3) is 0.590. The van der Waals surface area contributed by atoms with Crippen molar-refractivity contribution in [3.05, 3.63) is 53.1 Å². The Bertz CT molecular complexity index is 1960. The number of hydrogen-bond acceptors (Lipinski definition) is 7. The minimum atomic E-state index is -3.77. The second-order valence-electron chi connectivity index (χ2n) is 15.9. The Balaban J connectivity index is 1.20. The molecule has 6 aliphatic rings. The minimum absolute atomic E-state index is 0.0134. The van der Waals surface area contributed by atoms with Crippen molar-refractivity contribution in [1.82, 2.24) is 19.1 Å². The first-order valence-electron chi connectivity index (χ1n) is 18.7. The SMILES string of the molecule is COc1ccc2c(c1)C1CC1(C(=O)N1C3COC[C@H]1CN(C)C3)Cn1c-2c(C2CCCCC2)c2ccc(C(=O)NS(=O)(=O)C3CCCC3)cc21. The number of nitrogens with one attached hydrogen (secondary N) is 1. The van der Waals surface area contributed by atoms with Crippen LogP contribution in [-0.2, 0) is 26.1 Å². The molecule has 2 aromatic carbocycles. The summed E-state index contributed by atoms with van der Waals surface area (Å²) in [5.74, 6) is 0.794. The van der Waals surface area contributed by atoms with Crippen molar-refractivity contribution in [2.75, 3.05) is 40.5 Å². The van der Waals surface area contributed by atoms with E-state index in [-0.39, 0.29) is 23.9 Å². The van der Waals surface area contributed by atoms with Crippen LogP contribution in [0, 0.1) is 5.41 Å². The van der Waals surface area contributed by atoms with Crippen molar-refractivity contribution in [1.29, 1.82) is 0 Å². The molecule has 1 N–H and O–H groups in total. The summed E-state index contributed by atoms with van der Waals surface area (Å²) in [7, 11) is 0.0443. The van der Waals surface area contributed by atoms with Crippen molar-refractivity contribution >= 4 is 32.7 Å². The lowest BCUT2D eigenvalue weighted by Gasteiger charge is -2.50. The zero-order valence-electron chi connectivity index (χ0n) is 29.2. The monoisotopic (exact) mass is 700 g/mol. The molecule has 10 nitrogen and oxygen atoms in total. The van der Waals surface area contributed by atoms with Gasteiger partial charge in [0.15, 0.2) is 0 Å². The van der Waals surface area contributed by atoms with Gasteiger partial charge in [0.2, 0.25) is 15.9 Å². The van der Waals surface area contributed by atoms with E-state index in [0.717, 1.165) is 78.7 Å². The summed E-state index contributed by atoms with van der Waals surface area (Å²) in [6.07, 6.45) is 9.41. The summed E-state index contributed by atoms with van der Waals surface area (Å²) in [6, 6.07) is 12.1. The molecule has 1 aromatic heterocycles. The Morgan fingerprint density at radius 1 is 0.940 bits per heavy atom. The molecule has 3 aromatic rings. The number of nitrogens with zero attached hydrogens (tertiary/aromatic N) is 3. The fourth-order valence-electron chi connectivity index (χ4n) is 10.4. The summed E-state index contributed by atoms with van der Waals surface area (Å²) >= 11 is 0. The quantitative estimate of drug-likeness (QED) is 0.367. The van der Waals surface area contributed by atoms with Crippen LogP contribution in [0.5, 0.6) is 5.75 Å². The molecular weight excluding hydrogens is 653 g/mol. The maximum atomic E-state index is 15.1. The number of sulfonamides is 1. The number of fused-ring (bicyclic) bond motifs is 9. The van der Waals surface area contributed by atoms with Crippen LogP contribution in [-0.4, -0.2) is 92.4 Å². The summed E-state index contributed by atoms with van der Waals surface area (Å²) in [6.45, 7) is 3.18. The molecule has 2 saturated heterocycles. The largest absolute Gasteiger partial charge is 0.497 e. The molecule has 5 fully saturated rings. The lowest BCUT2D eigenvalue weighted by atomic mass is 9.81. The standard InChI is InChI=1S/C39H48N4O6S/c1-41-19-26-21-49-22-27(20-41)43(26)38(45)39-18-33(39)32-17-28(48-2)13-15-30(32)36-35(24-8-4-3-5-9-24)31-14-12-25(16-34(31)42(36)23-39)37(44)40-50(46,47)29-10-6-7-11-29/h12-17,24,26-27,29,33H,3-11,18-23H2,1-2H3,(H,40,44)/t26-,27?,33?,39?/m1/s1. The molecule has 3 saturated carbocycles. The molecule has 9 rings (SSSR count). The van der Waals surface area contributed by atoms with Crippen LogP contribution in [0.4, 0.5) is 0 Å². The Kier molecular flexibility index (Phi) is 7.86. The predicted octanol–water partition coefficient (Wildman–Crippen LogP) is 5.40. The first kappa shape index (κ1) is 32.5. The fourth-order valence-corrected chi connectivity index (χ4v) is 11.9. The third-order valence-corrected chi connectivity index (χ3v) is 14.7. The molecule has 3 aliphatic carbocycles. The van der Waals surface area contributed by atoms with Gasteiger partial charge < -0.3 is 23.8 Å². The minimum Gasteiger partial charge on any atom is -0.497 e. The number of piperazine rings is 1. The van der Waals surface area contributed by atoms with Crippen molar-refractivity contribution in [3.8, 4) is 17.0 Å². The lowest BCUT2D eigenvalue weighted by Crippen LogP contribution is -2.66. The van der Waals surface area contributed by atoms with E-state index in [0.29, 0.717) is 44.1 Å². The maximum Gasteiger partial charge on any atom is 0.264 e. The van der Waals surface area contributed by atoms with Crippen molar-refractivity contribution in [2.24, 2.45) is 5.41 Å². The van der Waals surface area contributed by atoms with Crippen LogP contribution in [0.3, 0.4) is 0 Å². The van der Waals surface area contributed by atoms with E-state index in [1.807, 2.05) is 18.2 Å². The first-order valence-corrected chi connectivity index (χ1v) is 20.2. The van der Waals surface area contributed by atoms with Crippen molar-refractivity contribution in [3.63, 3.8) is 0 Å². The molecule has 266 valence electrons. The van der Waals surface area contributed by atoms with Crippen LogP contribution in [0.25, 0.3) is 22.2 Å². The molecule has 0 spiro atoms. The molecule has 2 amide bonds. The molecular formula is C39H48N4O6S. The van der Waals surface area contributed by atoms with E-state index >= 15 is 4.79 Å². The number of carbonyl (C=O) groups excluding carboxylic acids is 2. The van der Waals surface area contributed by atoms with Gasteiger partial charge in [-0.1, -0.05) is 38.2 Å². The number of carbonyl (C=O) groups is 2. The van der Waals surface area contributed by atoms with Gasteiger partial charge >= 0.3 is 0 Å². The Morgan fingerprint density at radius 2 is 1.66 bits per heavy atom. The highest BCUT2D eigenvalue weighted by molar-refractivity contribution is 7.90. The third-order valence-electron chi connectivity index (χ3n) is 12.9. The highest BCUT2D eigenvalue weighted by atomic mass is 32.2. The Morgan fingerprint density at radius 3 is 2.38 bits per heavy atom. The van der Waals surface area contributed by atoms with Gasteiger partial charge in [0.25, 0.3) is 5.91 Å². The number of methoxy groups -OCH3 is 1. The summed E-state index contributed by atoms with van der Waals surface area (Å²) in [5.41, 5.74) is 5.31. The molecule has 2 bridgehead atoms. The summed E-state index contributed by atoms with van der Waals surface area (Å²) < 4.78 is 42.8. The van der Waals surface area contributed by atoms with Gasteiger partial charge in [-0.15, -0.1) is 0 Å². The second-order valence-corrected chi connectivity index (χ2v) is 17.9. The number of likely N-dealkylation sites (N-methyl/N-ethyl adjacent to an activating group) is 1. The van der Waals surface area contributed by atoms with Gasteiger partial charge in [0.05, 0.1) is 48.8 Å². The van der Waals surface area contributed by atoms with E-state index in [1.54, 1.807) is 13.2 Å². The average Bonchev–Trinajstić information content (AvgIpc) is 3.43. The molecule has 0 radical (unpaired) electrons. The average molecular weight is 701 g/mol. The number of amides is 2. The summed E-state index contributed by atoms with van der Waals surface area (Å²) in [5, 5.41) is 0.568. The van der Waals surface area contributed by atoms with E-state index in [1.165, 1.54) is 24.8 Å². The van der Waals surface area contributed by atoms with Crippen LogP contribution < -0.4 is 9.46 Å². The lowest BCUT2D eigenvalue weighted by molar-refractivity contribution is -0.160. The molecule has 11 heteroatoms. The zero-order chi connectivity index (χ0) is 34.4. The van der Waals surface area contributed by atoms with Gasteiger partial charge in [0, 0.05) is 47.6 Å². The number of hydrogen-bond donors (Lipinski definition) is 1. The predicted molar refractivity (Wildman–Crippen MR) is 191 cm³/mol.